The fraction of sp³-hybridized carbons (Fsp3) is 0.643. The Balaban J connectivity index is 1.78. The predicted molar refractivity (Wildman–Crippen MR) is 80.8 cm³/mol. The lowest BCUT2D eigenvalue weighted by Crippen LogP contribution is -2.60. The standard InChI is InChI=1S/C14H21N3O3S/c1-21(18,19)17-9-10-20-14(12-17)6-4-8-16(11-14)13-5-2-3-7-15-13/h2-3,5,7H,4,6,8-12H2,1H3/t14-/m0/s1. The van der Waals surface area contributed by atoms with Crippen LogP contribution < -0.4 is 4.90 Å². The fourth-order valence-electron chi connectivity index (χ4n) is 3.17. The number of rotatable bonds is 2. The average Bonchev–Trinajstić information content (AvgIpc) is 2.47. The molecule has 0 aliphatic carbocycles. The summed E-state index contributed by atoms with van der Waals surface area (Å²) in [5, 5.41) is 0. The highest BCUT2D eigenvalue weighted by molar-refractivity contribution is 7.88. The number of piperidine rings is 1. The molecular weight excluding hydrogens is 290 g/mol. The first kappa shape index (κ1) is 14.7. The second kappa shape index (κ2) is 5.55. The highest BCUT2D eigenvalue weighted by atomic mass is 32.2. The Labute approximate surface area is 125 Å². The van der Waals surface area contributed by atoms with Crippen LogP contribution in [-0.4, -0.2) is 62.3 Å². The molecule has 0 bridgehead atoms. The molecule has 2 aliphatic rings. The van der Waals surface area contributed by atoms with Crippen molar-refractivity contribution < 1.29 is 13.2 Å². The van der Waals surface area contributed by atoms with Crippen molar-refractivity contribution in [2.75, 3.05) is 43.9 Å². The van der Waals surface area contributed by atoms with E-state index < -0.39 is 15.6 Å². The number of anilines is 1. The molecule has 116 valence electrons. The van der Waals surface area contributed by atoms with Crippen molar-refractivity contribution in [3.63, 3.8) is 0 Å². The molecule has 2 saturated heterocycles. The lowest BCUT2D eigenvalue weighted by Gasteiger charge is -2.47. The average molecular weight is 311 g/mol. The first-order chi connectivity index (χ1) is 9.99. The minimum atomic E-state index is -3.16. The van der Waals surface area contributed by atoms with E-state index in [-0.39, 0.29) is 0 Å². The molecule has 3 rings (SSSR count). The van der Waals surface area contributed by atoms with Crippen molar-refractivity contribution in [2.45, 2.75) is 18.4 Å². The molecule has 6 nitrogen and oxygen atoms in total. The van der Waals surface area contributed by atoms with Crippen LogP contribution in [0.2, 0.25) is 0 Å². The topological polar surface area (TPSA) is 62.7 Å². The van der Waals surface area contributed by atoms with E-state index in [9.17, 15) is 8.42 Å². The molecule has 2 aliphatic heterocycles. The summed E-state index contributed by atoms with van der Waals surface area (Å²) < 4.78 is 31.2. The van der Waals surface area contributed by atoms with Crippen molar-refractivity contribution >= 4 is 15.8 Å². The molecule has 0 aromatic carbocycles. The van der Waals surface area contributed by atoms with E-state index in [4.69, 9.17) is 4.74 Å². The number of sulfonamides is 1. The van der Waals surface area contributed by atoms with Crippen LogP contribution in [0.3, 0.4) is 0 Å². The van der Waals surface area contributed by atoms with Gasteiger partial charge in [0.15, 0.2) is 0 Å². The zero-order valence-corrected chi connectivity index (χ0v) is 13.1. The molecule has 1 spiro atoms. The van der Waals surface area contributed by atoms with Gasteiger partial charge in [0.2, 0.25) is 10.0 Å². The SMILES string of the molecule is CS(=O)(=O)N1CCO[C@]2(CCCN(c3ccccn3)C2)C1. The lowest BCUT2D eigenvalue weighted by atomic mass is 9.91. The molecule has 0 N–H and O–H groups in total. The molecule has 2 fully saturated rings. The molecule has 7 heteroatoms. The van der Waals surface area contributed by atoms with Gasteiger partial charge in [-0.15, -0.1) is 0 Å². The summed E-state index contributed by atoms with van der Waals surface area (Å²) in [6.45, 7) is 2.97. The van der Waals surface area contributed by atoms with E-state index in [2.05, 4.69) is 9.88 Å². The first-order valence-corrected chi connectivity index (χ1v) is 9.08. The van der Waals surface area contributed by atoms with Crippen LogP contribution in [0, 0.1) is 0 Å². The van der Waals surface area contributed by atoms with Crippen LogP contribution >= 0.6 is 0 Å². The molecule has 0 saturated carbocycles. The molecule has 1 aromatic heterocycles. The Morgan fingerprint density at radius 1 is 1.29 bits per heavy atom. The highest BCUT2D eigenvalue weighted by Gasteiger charge is 2.42. The Morgan fingerprint density at radius 2 is 2.14 bits per heavy atom. The van der Waals surface area contributed by atoms with Crippen LogP contribution in [-0.2, 0) is 14.8 Å². The highest BCUT2D eigenvalue weighted by Crippen LogP contribution is 2.31. The zero-order valence-electron chi connectivity index (χ0n) is 12.2. The number of pyridine rings is 1. The number of aromatic nitrogens is 1. The van der Waals surface area contributed by atoms with E-state index in [1.54, 1.807) is 10.5 Å². The third-order valence-electron chi connectivity index (χ3n) is 4.20. The van der Waals surface area contributed by atoms with Gasteiger partial charge >= 0.3 is 0 Å². The maximum absolute atomic E-state index is 11.8. The number of hydrogen-bond donors (Lipinski definition) is 0. The van der Waals surface area contributed by atoms with Gasteiger partial charge in [-0.3, -0.25) is 0 Å². The maximum atomic E-state index is 11.8. The van der Waals surface area contributed by atoms with E-state index in [1.165, 1.54) is 6.26 Å². The van der Waals surface area contributed by atoms with Crippen molar-refractivity contribution in [3.8, 4) is 0 Å². The van der Waals surface area contributed by atoms with Crippen LogP contribution in [0.25, 0.3) is 0 Å². The third kappa shape index (κ3) is 3.20. The Bertz CT molecular complexity index is 589. The summed E-state index contributed by atoms with van der Waals surface area (Å²) in [5.41, 5.74) is -0.406. The number of hydrogen-bond acceptors (Lipinski definition) is 5. The van der Waals surface area contributed by atoms with Crippen LogP contribution in [0.1, 0.15) is 12.8 Å². The Kier molecular flexibility index (Phi) is 3.90. The minimum Gasteiger partial charge on any atom is -0.370 e. The third-order valence-corrected chi connectivity index (χ3v) is 5.44. The second-order valence-corrected chi connectivity index (χ2v) is 7.82. The Morgan fingerprint density at radius 3 is 2.86 bits per heavy atom. The first-order valence-electron chi connectivity index (χ1n) is 7.24. The molecule has 0 unspecified atom stereocenters. The van der Waals surface area contributed by atoms with Gasteiger partial charge in [0.05, 0.1) is 18.5 Å². The molecule has 0 radical (unpaired) electrons. The lowest BCUT2D eigenvalue weighted by molar-refractivity contribution is -0.0949. The number of nitrogens with zero attached hydrogens (tertiary/aromatic N) is 3. The van der Waals surface area contributed by atoms with Gasteiger partial charge in [0, 0.05) is 32.4 Å². The minimum absolute atomic E-state index is 0.406. The maximum Gasteiger partial charge on any atom is 0.211 e. The van der Waals surface area contributed by atoms with Gasteiger partial charge in [0.1, 0.15) is 5.82 Å². The largest absolute Gasteiger partial charge is 0.370 e. The van der Waals surface area contributed by atoms with Crippen molar-refractivity contribution in [1.82, 2.24) is 9.29 Å². The van der Waals surface area contributed by atoms with E-state index >= 15 is 0 Å². The summed E-state index contributed by atoms with van der Waals surface area (Å²) in [7, 11) is -3.16. The van der Waals surface area contributed by atoms with Gasteiger partial charge in [-0.2, -0.15) is 4.31 Å². The quantitative estimate of drug-likeness (QED) is 0.805. The van der Waals surface area contributed by atoms with Gasteiger partial charge in [-0.05, 0) is 25.0 Å². The monoisotopic (exact) mass is 311 g/mol. The zero-order chi connectivity index (χ0) is 14.9. The summed E-state index contributed by atoms with van der Waals surface area (Å²) in [6.07, 6.45) is 4.92. The van der Waals surface area contributed by atoms with Gasteiger partial charge in [-0.1, -0.05) is 6.07 Å². The van der Waals surface area contributed by atoms with Crippen LogP contribution in [0.5, 0.6) is 0 Å². The van der Waals surface area contributed by atoms with Gasteiger partial charge < -0.3 is 9.64 Å². The molecular formula is C14H21N3O3S. The number of ether oxygens (including phenoxy) is 1. The predicted octanol–water partition coefficient (Wildman–Crippen LogP) is 0.712. The Hall–Kier alpha value is -1.18. The smallest absolute Gasteiger partial charge is 0.211 e. The van der Waals surface area contributed by atoms with Crippen molar-refractivity contribution in [3.05, 3.63) is 24.4 Å². The van der Waals surface area contributed by atoms with Gasteiger partial charge in [-0.25, -0.2) is 13.4 Å². The fourth-order valence-corrected chi connectivity index (χ4v) is 4.05. The molecule has 1 aromatic rings. The van der Waals surface area contributed by atoms with Crippen LogP contribution in [0.4, 0.5) is 5.82 Å². The normalized spacial score (nSPS) is 28.0. The van der Waals surface area contributed by atoms with Gasteiger partial charge in [0.25, 0.3) is 0 Å². The molecule has 0 amide bonds. The van der Waals surface area contributed by atoms with E-state index in [0.717, 1.165) is 25.2 Å². The van der Waals surface area contributed by atoms with Crippen molar-refractivity contribution in [1.29, 1.82) is 0 Å². The van der Waals surface area contributed by atoms with Crippen molar-refractivity contribution in [2.24, 2.45) is 0 Å². The second-order valence-electron chi connectivity index (χ2n) is 5.84. The van der Waals surface area contributed by atoms with E-state index in [0.29, 0.717) is 26.2 Å². The number of morpholine rings is 1. The molecule has 21 heavy (non-hydrogen) atoms. The summed E-state index contributed by atoms with van der Waals surface area (Å²) in [4.78, 5) is 6.58. The molecule has 3 heterocycles. The summed E-state index contributed by atoms with van der Waals surface area (Å²) in [5.74, 6) is 0.927. The summed E-state index contributed by atoms with van der Waals surface area (Å²) in [6, 6.07) is 5.84. The summed E-state index contributed by atoms with van der Waals surface area (Å²) >= 11 is 0. The van der Waals surface area contributed by atoms with E-state index in [1.807, 2.05) is 18.2 Å². The molecule has 1 atom stereocenters. The van der Waals surface area contributed by atoms with Crippen LogP contribution in [0.15, 0.2) is 24.4 Å².